The average molecular weight is 476 g/mol. The zero-order valence-electron chi connectivity index (χ0n) is 20.4. The summed E-state index contributed by atoms with van der Waals surface area (Å²) in [6.07, 6.45) is 7.09. The first kappa shape index (κ1) is 26.0. The normalized spacial score (nSPS) is 25.0. The molecule has 3 aliphatic rings. The van der Waals surface area contributed by atoms with Gasteiger partial charge in [0.05, 0.1) is 18.3 Å². The number of hydrogen-bond acceptors (Lipinski definition) is 6. The second-order valence-electron chi connectivity index (χ2n) is 10.6. The van der Waals surface area contributed by atoms with Crippen molar-refractivity contribution in [2.24, 2.45) is 11.3 Å². The van der Waals surface area contributed by atoms with E-state index in [-0.39, 0.29) is 25.6 Å². The smallest absolute Gasteiger partial charge is 0.314 e. The summed E-state index contributed by atoms with van der Waals surface area (Å²) in [4.78, 5) is 31.2. The molecule has 0 radical (unpaired) electrons. The van der Waals surface area contributed by atoms with E-state index in [0.717, 1.165) is 24.6 Å². The Balaban J connectivity index is 0.000000350. The minimum absolute atomic E-state index is 0.0184. The van der Waals surface area contributed by atoms with Gasteiger partial charge in [0.2, 0.25) is 6.79 Å². The van der Waals surface area contributed by atoms with E-state index in [0.29, 0.717) is 11.5 Å². The molecular formula is C26H37NO7. The lowest BCUT2D eigenvalue weighted by atomic mass is 9.53. The van der Waals surface area contributed by atoms with Gasteiger partial charge in [-0.25, -0.2) is 0 Å². The van der Waals surface area contributed by atoms with Gasteiger partial charge in [-0.15, -0.1) is 0 Å². The number of esters is 1. The van der Waals surface area contributed by atoms with E-state index < -0.39 is 17.4 Å². The fourth-order valence-electron chi connectivity index (χ4n) is 5.57. The van der Waals surface area contributed by atoms with Gasteiger partial charge >= 0.3 is 17.9 Å². The molecule has 1 aliphatic heterocycles. The van der Waals surface area contributed by atoms with Gasteiger partial charge < -0.3 is 25.0 Å². The van der Waals surface area contributed by atoms with Crippen LogP contribution in [0.2, 0.25) is 0 Å². The monoisotopic (exact) mass is 475 g/mol. The summed E-state index contributed by atoms with van der Waals surface area (Å²) in [5, 5.41) is 19.6. The summed E-state index contributed by atoms with van der Waals surface area (Å²) in [6.45, 7) is 6.66. The Bertz CT molecular complexity index is 889. The van der Waals surface area contributed by atoms with E-state index in [1.165, 1.54) is 43.2 Å². The first-order chi connectivity index (χ1) is 16.0. The van der Waals surface area contributed by atoms with Crippen LogP contribution in [0.25, 0.3) is 0 Å². The SMILES string of the molecule is CC(C)(C)C(=O)OCOc1ccc2c(c1)[C@]13CCCC[C@@H]1[C@@H](C2)NCC3.O=C(O)CCC(=O)O. The molecule has 8 nitrogen and oxygen atoms in total. The molecule has 3 N–H and O–H groups in total. The quantitative estimate of drug-likeness (QED) is 0.418. The first-order valence-electron chi connectivity index (χ1n) is 12.1. The lowest BCUT2D eigenvalue weighted by Crippen LogP contribution is -2.59. The van der Waals surface area contributed by atoms with E-state index in [9.17, 15) is 14.4 Å². The maximum atomic E-state index is 11.9. The summed E-state index contributed by atoms with van der Waals surface area (Å²) >= 11 is 0. The van der Waals surface area contributed by atoms with Crippen molar-refractivity contribution in [3.05, 3.63) is 29.3 Å². The van der Waals surface area contributed by atoms with Crippen LogP contribution in [0.4, 0.5) is 0 Å². The van der Waals surface area contributed by atoms with Crippen molar-refractivity contribution < 1.29 is 34.1 Å². The second-order valence-corrected chi connectivity index (χ2v) is 10.6. The molecule has 0 spiro atoms. The Kier molecular flexibility index (Phi) is 8.23. The van der Waals surface area contributed by atoms with Crippen LogP contribution in [-0.2, 0) is 31.0 Å². The third kappa shape index (κ3) is 6.09. The molecule has 1 aromatic carbocycles. The number of carboxylic acid groups (broad SMARTS) is 2. The van der Waals surface area contributed by atoms with Gasteiger partial charge in [-0.2, -0.15) is 0 Å². The van der Waals surface area contributed by atoms with Gasteiger partial charge in [-0.3, -0.25) is 14.4 Å². The molecule has 3 atom stereocenters. The number of nitrogens with one attached hydrogen (secondary N) is 1. The van der Waals surface area contributed by atoms with Gasteiger partial charge in [-0.1, -0.05) is 18.9 Å². The molecule has 1 aromatic rings. The molecule has 8 heteroatoms. The van der Waals surface area contributed by atoms with E-state index in [2.05, 4.69) is 17.4 Å². The molecule has 0 aromatic heterocycles. The Morgan fingerprint density at radius 2 is 1.79 bits per heavy atom. The lowest BCUT2D eigenvalue weighted by molar-refractivity contribution is -0.159. The molecule has 1 saturated carbocycles. The zero-order chi connectivity index (χ0) is 24.9. The molecule has 4 rings (SSSR count). The van der Waals surface area contributed by atoms with Gasteiger partial charge in [0.15, 0.2) is 0 Å². The average Bonchev–Trinajstić information content (AvgIpc) is 2.78. The maximum Gasteiger partial charge on any atom is 0.314 e. The molecule has 0 unspecified atom stereocenters. The molecular weight excluding hydrogens is 438 g/mol. The highest BCUT2D eigenvalue weighted by atomic mass is 16.7. The number of carbonyl (C=O) groups is 3. The van der Waals surface area contributed by atoms with Crippen molar-refractivity contribution in [3.8, 4) is 5.75 Å². The Labute approximate surface area is 201 Å². The fourth-order valence-corrected chi connectivity index (χ4v) is 5.57. The predicted octanol–water partition coefficient (Wildman–Crippen LogP) is 3.89. The van der Waals surface area contributed by atoms with Crippen LogP contribution in [0.15, 0.2) is 18.2 Å². The van der Waals surface area contributed by atoms with E-state index in [4.69, 9.17) is 19.7 Å². The van der Waals surface area contributed by atoms with Crippen molar-refractivity contribution in [1.82, 2.24) is 5.32 Å². The number of carbonyl (C=O) groups excluding carboxylic acids is 1. The lowest BCUT2D eigenvalue weighted by Gasteiger charge is -2.56. The highest BCUT2D eigenvalue weighted by Gasteiger charge is 2.51. The third-order valence-corrected chi connectivity index (χ3v) is 7.20. The third-order valence-electron chi connectivity index (χ3n) is 7.20. The standard InChI is InChI=1S/C22H31NO3.C4H6O4/c1-21(2,3)20(24)26-14-25-16-8-7-15-12-19-17-6-4-5-9-22(17,10-11-23-19)18(15)13-16;5-3(6)1-2-4(7)8/h7-8,13,17,19,23H,4-6,9-12,14H2,1-3H3;1-2H2,(H,5,6)(H,7,8)/t17-,19-,22+;/m1./s1. The number of benzene rings is 1. The Morgan fingerprint density at radius 1 is 1.09 bits per heavy atom. The fraction of sp³-hybridized carbons (Fsp3) is 0.654. The van der Waals surface area contributed by atoms with Crippen LogP contribution < -0.4 is 10.1 Å². The van der Waals surface area contributed by atoms with E-state index in [1.54, 1.807) is 0 Å². The van der Waals surface area contributed by atoms with Crippen molar-refractivity contribution in [2.75, 3.05) is 13.3 Å². The Hall–Kier alpha value is -2.61. The summed E-state index contributed by atoms with van der Waals surface area (Å²) < 4.78 is 11.1. The number of ether oxygens (including phenoxy) is 2. The topological polar surface area (TPSA) is 122 Å². The number of fused-ring (bicyclic) bond motifs is 1. The van der Waals surface area contributed by atoms with Gasteiger partial charge in [0, 0.05) is 11.5 Å². The predicted molar refractivity (Wildman–Crippen MR) is 126 cm³/mol. The first-order valence-corrected chi connectivity index (χ1v) is 12.1. The molecule has 188 valence electrons. The van der Waals surface area contributed by atoms with Crippen LogP contribution in [0.1, 0.15) is 76.8 Å². The number of piperidine rings is 1. The molecule has 0 amide bonds. The van der Waals surface area contributed by atoms with Crippen LogP contribution in [0, 0.1) is 11.3 Å². The minimum atomic E-state index is -1.08. The maximum absolute atomic E-state index is 11.9. The molecule has 1 saturated heterocycles. The van der Waals surface area contributed by atoms with Crippen LogP contribution in [-0.4, -0.2) is 47.5 Å². The van der Waals surface area contributed by atoms with E-state index in [1.807, 2.05) is 26.8 Å². The van der Waals surface area contributed by atoms with Crippen LogP contribution in [0.5, 0.6) is 5.75 Å². The molecule has 1 heterocycles. The zero-order valence-corrected chi connectivity index (χ0v) is 20.4. The molecule has 2 bridgehead atoms. The van der Waals surface area contributed by atoms with Gasteiger partial charge in [0.25, 0.3) is 0 Å². The van der Waals surface area contributed by atoms with E-state index >= 15 is 0 Å². The van der Waals surface area contributed by atoms with Crippen molar-refractivity contribution in [1.29, 1.82) is 0 Å². The van der Waals surface area contributed by atoms with Crippen molar-refractivity contribution in [2.45, 2.75) is 83.6 Å². The van der Waals surface area contributed by atoms with Gasteiger partial charge in [-0.05, 0) is 82.2 Å². The summed E-state index contributed by atoms with van der Waals surface area (Å²) in [6, 6.07) is 7.12. The molecule has 2 aliphatic carbocycles. The highest BCUT2D eigenvalue weighted by molar-refractivity contribution is 5.75. The molecule has 34 heavy (non-hydrogen) atoms. The summed E-state index contributed by atoms with van der Waals surface area (Å²) in [5.41, 5.74) is 2.79. The highest BCUT2D eigenvalue weighted by Crippen LogP contribution is 2.54. The summed E-state index contributed by atoms with van der Waals surface area (Å²) in [7, 11) is 0. The number of rotatable bonds is 6. The van der Waals surface area contributed by atoms with Crippen molar-refractivity contribution >= 4 is 17.9 Å². The number of aliphatic carboxylic acids is 2. The van der Waals surface area contributed by atoms with Crippen molar-refractivity contribution in [3.63, 3.8) is 0 Å². The number of hydrogen-bond donors (Lipinski definition) is 3. The second kappa shape index (κ2) is 10.8. The number of carboxylic acids is 2. The van der Waals surface area contributed by atoms with Crippen LogP contribution in [0.3, 0.4) is 0 Å². The Morgan fingerprint density at radius 3 is 2.44 bits per heavy atom. The minimum Gasteiger partial charge on any atom is -0.481 e. The van der Waals surface area contributed by atoms with Gasteiger partial charge in [0.1, 0.15) is 5.75 Å². The molecule has 2 fully saturated rings. The summed E-state index contributed by atoms with van der Waals surface area (Å²) in [5.74, 6) is -0.810. The van der Waals surface area contributed by atoms with Crippen LogP contribution >= 0.6 is 0 Å². The largest absolute Gasteiger partial charge is 0.481 e.